The molecule has 3 aliphatic rings. The Balaban J connectivity index is 1.31. The van der Waals surface area contributed by atoms with Gasteiger partial charge in [-0.25, -0.2) is 0 Å². The lowest BCUT2D eigenvalue weighted by Gasteiger charge is -2.39. The van der Waals surface area contributed by atoms with Crippen LogP contribution in [-0.4, -0.2) is 43.9 Å². The highest BCUT2D eigenvalue weighted by molar-refractivity contribution is 7.99. The van der Waals surface area contributed by atoms with E-state index in [0.717, 1.165) is 36.8 Å². The zero-order chi connectivity index (χ0) is 22.3. The van der Waals surface area contributed by atoms with Crippen LogP contribution < -0.4 is 0 Å². The van der Waals surface area contributed by atoms with Crippen LogP contribution in [0, 0.1) is 10.8 Å². The number of rotatable bonds is 6. The molecule has 0 spiro atoms. The zero-order valence-corrected chi connectivity index (χ0v) is 21.3. The van der Waals surface area contributed by atoms with Crippen molar-refractivity contribution < 1.29 is 4.79 Å². The molecule has 3 heterocycles. The topological polar surface area (TPSA) is 51.0 Å². The van der Waals surface area contributed by atoms with E-state index in [0.29, 0.717) is 23.3 Å². The number of nitrogens with zero attached hydrogens (tertiary/aromatic N) is 4. The lowest BCUT2D eigenvalue weighted by molar-refractivity contribution is -0.129. The Morgan fingerprint density at radius 3 is 2.72 bits per heavy atom. The maximum absolute atomic E-state index is 13.3. The molecule has 0 N–H and O–H groups in total. The predicted octanol–water partition coefficient (Wildman–Crippen LogP) is 5.95. The van der Waals surface area contributed by atoms with Crippen LogP contribution in [-0.2, 0) is 11.2 Å². The van der Waals surface area contributed by atoms with Crippen LogP contribution in [0.15, 0.2) is 22.7 Å². The molecule has 7 heteroatoms. The summed E-state index contributed by atoms with van der Waals surface area (Å²) in [6.45, 7) is 8.02. The molecule has 5 nitrogen and oxygen atoms in total. The number of hydrogen-bond donors (Lipinski definition) is 0. The zero-order valence-electron chi connectivity index (χ0n) is 19.7. The van der Waals surface area contributed by atoms with Crippen molar-refractivity contribution in [2.45, 2.75) is 95.8 Å². The van der Waals surface area contributed by atoms with Crippen LogP contribution in [0.3, 0.4) is 0 Å². The summed E-state index contributed by atoms with van der Waals surface area (Å²) in [5.74, 6) is 1.80. The van der Waals surface area contributed by atoms with Gasteiger partial charge in [0.1, 0.15) is 5.82 Å². The molecule has 0 unspecified atom stereocenters. The van der Waals surface area contributed by atoms with Crippen molar-refractivity contribution in [1.82, 2.24) is 19.7 Å². The van der Waals surface area contributed by atoms with Gasteiger partial charge in [-0.3, -0.25) is 4.79 Å². The quantitative estimate of drug-likeness (QED) is 0.487. The smallest absolute Gasteiger partial charge is 0.233 e. The van der Waals surface area contributed by atoms with E-state index in [-0.39, 0.29) is 11.3 Å². The Bertz CT molecular complexity index is 947. The fraction of sp³-hybridized carbons (Fsp3) is 0.720. The fourth-order valence-electron chi connectivity index (χ4n) is 6.76. The van der Waals surface area contributed by atoms with Crippen LogP contribution in [0.25, 0.3) is 0 Å². The van der Waals surface area contributed by atoms with E-state index in [1.54, 1.807) is 23.1 Å². The molecule has 2 atom stereocenters. The number of likely N-dealkylation sites (tertiary alicyclic amines) is 1. The Hall–Kier alpha value is -1.34. The van der Waals surface area contributed by atoms with Gasteiger partial charge in [0.2, 0.25) is 5.91 Å². The van der Waals surface area contributed by atoms with Crippen molar-refractivity contribution in [1.29, 1.82) is 0 Å². The number of hydrogen-bond acceptors (Lipinski definition) is 5. The first-order chi connectivity index (χ1) is 15.3. The summed E-state index contributed by atoms with van der Waals surface area (Å²) in [5.41, 5.74) is 0.612. The van der Waals surface area contributed by atoms with Crippen molar-refractivity contribution in [3.8, 4) is 0 Å². The van der Waals surface area contributed by atoms with Crippen molar-refractivity contribution in [3.63, 3.8) is 0 Å². The standard InChI is InChI=1S/C25H36N4OS2/c1-24(2)13-19-14-25(3,16-24)17-28(19)22(30)15-32-23-27-26-21(12-20-10-7-11-31-20)29(23)18-8-5-4-6-9-18/h7,10-11,18-19H,4-6,8-9,12-17H2,1-3H3/t19-,25-/m1/s1. The van der Waals surface area contributed by atoms with Gasteiger partial charge in [0.15, 0.2) is 5.16 Å². The molecule has 32 heavy (non-hydrogen) atoms. The van der Waals surface area contributed by atoms with Crippen LogP contribution >= 0.6 is 23.1 Å². The molecule has 1 amide bonds. The van der Waals surface area contributed by atoms with Gasteiger partial charge in [0, 0.05) is 29.9 Å². The van der Waals surface area contributed by atoms with Gasteiger partial charge < -0.3 is 9.47 Å². The molecule has 2 aliphatic carbocycles. The summed E-state index contributed by atoms with van der Waals surface area (Å²) in [6.07, 6.45) is 10.6. The molecule has 1 saturated heterocycles. The molecule has 2 aromatic heterocycles. The van der Waals surface area contributed by atoms with Crippen molar-refractivity contribution in [3.05, 3.63) is 28.2 Å². The number of thioether (sulfide) groups is 1. The van der Waals surface area contributed by atoms with Gasteiger partial charge in [-0.1, -0.05) is 57.9 Å². The van der Waals surface area contributed by atoms with E-state index in [9.17, 15) is 4.79 Å². The monoisotopic (exact) mass is 472 g/mol. The van der Waals surface area contributed by atoms with Crippen LogP contribution in [0.5, 0.6) is 0 Å². The Kier molecular flexibility index (Phi) is 6.16. The van der Waals surface area contributed by atoms with E-state index in [1.807, 2.05) is 0 Å². The third-order valence-corrected chi connectivity index (χ3v) is 9.45. The number of aromatic nitrogens is 3. The molecule has 1 aliphatic heterocycles. The van der Waals surface area contributed by atoms with E-state index < -0.39 is 0 Å². The number of fused-ring (bicyclic) bond motifs is 2. The summed E-state index contributed by atoms with van der Waals surface area (Å²) >= 11 is 3.38. The lowest BCUT2D eigenvalue weighted by atomic mass is 9.65. The number of thiophene rings is 1. The van der Waals surface area contributed by atoms with Crippen molar-refractivity contribution in [2.75, 3.05) is 12.3 Å². The molecular weight excluding hydrogens is 436 g/mol. The molecule has 0 radical (unpaired) electrons. The Morgan fingerprint density at radius 1 is 1.16 bits per heavy atom. The summed E-state index contributed by atoms with van der Waals surface area (Å²) in [6, 6.07) is 5.15. The molecular formula is C25H36N4OS2. The van der Waals surface area contributed by atoms with Gasteiger partial charge in [-0.15, -0.1) is 21.5 Å². The molecule has 174 valence electrons. The Labute approximate surface area is 200 Å². The van der Waals surface area contributed by atoms with Gasteiger partial charge in [0.25, 0.3) is 0 Å². The van der Waals surface area contributed by atoms with E-state index in [2.05, 4.69) is 57.9 Å². The van der Waals surface area contributed by atoms with Gasteiger partial charge in [0.05, 0.1) is 5.75 Å². The summed E-state index contributed by atoms with van der Waals surface area (Å²) in [4.78, 5) is 16.8. The second-order valence-corrected chi connectivity index (χ2v) is 13.3. The second kappa shape index (κ2) is 8.79. The summed E-state index contributed by atoms with van der Waals surface area (Å²) in [7, 11) is 0. The largest absolute Gasteiger partial charge is 0.338 e. The highest BCUT2D eigenvalue weighted by Crippen LogP contribution is 2.52. The normalized spacial score (nSPS) is 27.7. The SMILES string of the molecule is CC1(C)C[C@@H]2C[C@@](C)(CN2C(=O)CSc2nnc(Cc3cccs3)n2C2CCCCC2)C1. The average molecular weight is 473 g/mol. The molecule has 2 aromatic rings. The maximum atomic E-state index is 13.3. The minimum Gasteiger partial charge on any atom is -0.338 e. The molecule has 3 fully saturated rings. The third kappa shape index (κ3) is 4.65. The van der Waals surface area contributed by atoms with Crippen molar-refractivity contribution >= 4 is 29.0 Å². The molecule has 2 bridgehead atoms. The molecule has 0 aromatic carbocycles. The van der Waals surface area contributed by atoms with Crippen molar-refractivity contribution in [2.24, 2.45) is 10.8 Å². The van der Waals surface area contributed by atoms with Gasteiger partial charge >= 0.3 is 0 Å². The van der Waals surface area contributed by atoms with Crippen LogP contribution in [0.4, 0.5) is 0 Å². The minimum absolute atomic E-state index is 0.277. The highest BCUT2D eigenvalue weighted by atomic mass is 32.2. The van der Waals surface area contributed by atoms with Crippen LogP contribution in [0.1, 0.15) is 88.9 Å². The van der Waals surface area contributed by atoms with Gasteiger partial charge in [-0.2, -0.15) is 0 Å². The first kappa shape index (κ1) is 22.5. The van der Waals surface area contributed by atoms with E-state index >= 15 is 0 Å². The number of carbonyl (C=O) groups excluding carboxylic acids is 1. The lowest BCUT2D eigenvalue weighted by Crippen LogP contribution is -2.38. The first-order valence-electron chi connectivity index (χ1n) is 12.2. The summed E-state index contributed by atoms with van der Waals surface area (Å²) in [5, 5.41) is 12.2. The first-order valence-corrected chi connectivity index (χ1v) is 14.1. The highest BCUT2D eigenvalue weighted by Gasteiger charge is 2.50. The minimum atomic E-state index is 0.277. The molecule has 5 rings (SSSR count). The average Bonchev–Trinajstić information content (AvgIpc) is 3.45. The fourth-order valence-corrected chi connectivity index (χ4v) is 8.37. The maximum Gasteiger partial charge on any atom is 0.233 e. The Morgan fingerprint density at radius 2 is 1.97 bits per heavy atom. The second-order valence-electron chi connectivity index (χ2n) is 11.3. The number of amides is 1. The van der Waals surface area contributed by atoms with E-state index in [1.165, 1.54) is 43.4 Å². The van der Waals surface area contributed by atoms with E-state index in [4.69, 9.17) is 0 Å². The predicted molar refractivity (Wildman–Crippen MR) is 131 cm³/mol. The van der Waals surface area contributed by atoms with Crippen LogP contribution in [0.2, 0.25) is 0 Å². The van der Waals surface area contributed by atoms with Gasteiger partial charge in [-0.05, 0) is 54.4 Å². The third-order valence-electron chi connectivity index (χ3n) is 7.65. The number of carbonyl (C=O) groups is 1. The molecule has 2 saturated carbocycles. The summed E-state index contributed by atoms with van der Waals surface area (Å²) < 4.78 is 2.38.